The molecule has 2 nitrogen and oxygen atoms in total. The fourth-order valence-electron chi connectivity index (χ4n) is 6.80. The van der Waals surface area contributed by atoms with Gasteiger partial charge in [0.05, 0.1) is 10.3 Å². The second kappa shape index (κ2) is 3.81. The zero-order valence-corrected chi connectivity index (χ0v) is 15.9. The number of esters is 1. The molecular formula is C14H12Cl6O2. The second-order valence-electron chi connectivity index (χ2n) is 7.40. The SMILES string of the molecule is CC(=O)O[C@@H]1C2CC3C1C1(Cl)[C@H](Cl)C4(Cl)C2C3C1(Cl)C4(Cl)Cl. The average molecular weight is 425 g/mol. The number of halogens is 6. The molecule has 5 saturated carbocycles. The smallest absolute Gasteiger partial charge is 0.302 e. The normalized spacial score (nSPS) is 68.2. The highest BCUT2D eigenvalue weighted by Gasteiger charge is 3.00. The van der Waals surface area contributed by atoms with Crippen LogP contribution in [0.5, 0.6) is 0 Å². The molecule has 0 aromatic heterocycles. The van der Waals surface area contributed by atoms with Crippen molar-refractivity contribution in [1.29, 1.82) is 0 Å². The van der Waals surface area contributed by atoms with E-state index in [2.05, 4.69) is 0 Å². The molecule has 8 heteroatoms. The zero-order chi connectivity index (χ0) is 16.0. The third-order valence-electron chi connectivity index (χ3n) is 7.06. The Hall–Kier alpha value is 1.21. The van der Waals surface area contributed by atoms with Gasteiger partial charge >= 0.3 is 5.97 Å². The van der Waals surface area contributed by atoms with Crippen LogP contribution in [0.4, 0.5) is 0 Å². The molecule has 0 radical (unpaired) electrons. The van der Waals surface area contributed by atoms with Gasteiger partial charge in [-0.3, -0.25) is 4.79 Å². The van der Waals surface area contributed by atoms with Crippen molar-refractivity contribution in [3.63, 3.8) is 0 Å². The highest BCUT2D eigenvalue weighted by molar-refractivity contribution is 6.63. The Bertz CT molecular complexity index is 626. The summed E-state index contributed by atoms with van der Waals surface area (Å²) in [7, 11) is 0. The van der Waals surface area contributed by atoms with Gasteiger partial charge in [0.1, 0.15) is 15.9 Å². The largest absolute Gasteiger partial charge is 0.462 e. The molecule has 10 atom stereocenters. The standard InChI is InChI=1S/C14H12Cl6O2/c1-3(21)22-9-5-2-4-7-6(5)12(17)10(15)11(16,8(4)9)13(7,18)14(12,19)20/h4-10H,2H2,1H3/t4?,5?,6?,7?,8?,9-,10+,11?,12?,13?/m1/s1. The summed E-state index contributed by atoms with van der Waals surface area (Å²) in [6.45, 7) is 1.40. The summed E-state index contributed by atoms with van der Waals surface area (Å²) in [5.74, 6) is -0.251. The summed E-state index contributed by atoms with van der Waals surface area (Å²) in [4.78, 5) is 8.27. The van der Waals surface area contributed by atoms with Crippen LogP contribution in [0.2, 0.25) is 0 Å². The first kappa shape index (κ1) is 15.5. The molecule has 5 aliphatic carbocycles. The number of carbonyl (C=O) groups excluding carboxylic acids is 1. The van der Waals surface area contributed by atoms with E-state index in [1.54, 1.807) is 0 Å². The van der Waals surface area contributed by atoms with E-state index >= 15 is 0 Å². The molecule has 5 fully saturated rings. The van der Waals surface area contributed by atoms with E-state index in [-0.39, 0.29) is 41.7 Å². The summed E-state index contributed by atoms with van der Waals surface area (Å²) in [6.07, 6.45) is 0.594. The molecular weight excluding hydrogens is 413 g/mol. The van der Waals surface area contributed by atoms with Crippen LogP contribution in [0.1, 0.15) is 13.3 Å². The Balaban J connectivity index is 1.79. The second-order valence-corrected chi connectivity index (χ2v) is 11.0. The van der Waals surface area contributed by atoms with E-state index in [1.165, 1.54) is 6.92 Å². The molecule has 0 spiro atoms. The number of fused-ring (bicyclic) bond motifs is 5. The van der Waals surface area contributed by atoms with E-state index in [9.17, 15) is 4.79 Å². The molecule has 0 aliphatic heterocycles. The summed E-state index contributed by atoms with van der Waals surface area (Å²) in [5.41, 5.74) is 0. The number of alkyl halides is 6. The van der Waals surface area contributed by atoms with Crippen molar-refractivity contribution < 1.29 is 9.53 Å². The first-order valence-electron chi connectivity index (χ1n) is 7.32. The summed E-state index contributed by atoms with van der Waals surface area (Å²) in [5, 5.41) is -0.671. The number of hydrogen-bond acceptors (Lipinski definition) is 2. The predicted molar refractivity (Wildman–Crippen MR) is 87.5 cm³/mol. The molecule has 0 aromatic rings. The van der Waals surface area contributed by atoms with Gasteiger partial charge in [-0.05, 0) is 24.2 Å². The Morgan fingerprint density at radius 1 is 1.00 bits per heavy atom. The topological polar surface area (TPSA) is 26.3 Å². The maximum Gasteiger partial charge on any atom is 0.302 e. The fraction of sp³-hybridized carbons (Fsp3) is 0.929. The quantitative estimate of drug-likeness (QED) is 0.466. The molecule has 0 aromatic carbocycles. The molecule has 0 heterocycles. The molecule has 22 heavy (non-hydrogen) atoms. The van der Waals surface area contributed by atoms with Crippen LogP contribution >= 0.6 is 69.6 Å². The Labute approximate surface area is 158 Å². The van der Waals surface area contributed by atoms with Crippen LogP contribution in [-0.2, 0) is 9.53 Å². The van der Waals surface area contributed by atoms with Gasteiger partial charge in [0.2, 0.25) is 0 Å². The summed E-state index contributed by atoms with van der Waals surface area (Å²) in [6, 6.07) is 0. The Morgan fingerprint density at radius 2 is 1.64 bits per heavy atom. The highest BCUT2D eigenvalue weighted by atomic mass is 35.5. The number of rotatable bonds is 1. The Kier molecular flexibility index (Phi) is 2.68. The summed E-state index contributed by atoms with van der Waals surface area (Å²) < 4.78 is 4.21. The van der Waals surface area contributed by atoms with Crippen molar-refractivity contribution in [2.24, 2.45) is 29.6 Å². The lowest BCUT2D eigenvalue weighted by Gasteiger charge is -2.41. The maximum atomic E-state index is 11.5. The average Bonchev–Trinajstić information content (AvgIpc) is 3.04. The van der Waals surface area contributed by atoms with Gasteiger partial charge in [-0.15, -0.1) is 46.4 Å². The van der Waals surface area contributed by atoms with Gasteiger partial charge in [0.15, 0.2) is 4.33 Å². The lowest BCUT2D eigenvalue weighted by atomic mass is 9.76. The van der Waals surface area contributed by atoms with E-state index in [0.717, 1.165) is 6.42 Å². The first-order chi connectivity index (χ1) is 10.1. The fourth-order valence-corrected chi connectivity index (χ4v) is 10.9. The minimum Gasteiger partial charge on any atom is -0.462 e. The first-order valence-corrected chi connectivity index (χ1v) is 9.64. The van der Waals surface area contributed by atoms with Crippen molar-refractivity contribution in [2.45, 2.75) is 43.8 Å². The molecule has 122 valence electrons. The third kappa shape index (κ3) is 1.06. The molecule has 4 bridgehead atoms. The molecule has 0 amide bonds. The van der Waals surface area contributed by atoms with Crippen molar-refractivity contribution >= 4 is 75.6 Å². The Morgan fingerprint density at radius 3 is 2.23 bits per heavy atom. The lowest BCUT2D eigenvalue weighted by Crippen LogP contribution is -2.54. The molecule has 0 N–H and O–H groups in total. The number of ether oxygens (including phenoxy) is 1. The van der Waals surface area contributed by atoms with Crippen molar-refractivity contribution in [1.82, 2.24) is 0 Å². The van der Waals surface area contributed by atoms with Crippen LogP contribution in [-0.4, -0.2) is 36.4 Å². The van der Waals surface area contributed by atoms with Crippen LogP contribution in [0.25, 0.3) is 0 Å². The van der Waals surface area contributed by atoms with Gasteiger partial charge in [-0.1, -0.05) is 23.2 Å². The van der Waals surface area contributed by atoms with E-state index < -0.39 is 24.3 Å². The van der Waals surface area contributed by atoms with Gasteiger partial charge < -0.3 is 4.74 Å². The van der Waals surface area contributed by atoms with E-state index in [0.29, 0.717) is 0 Å². The van der Waals surface area contributed by atoms with Gasteiger partial charge in [-0.25, -0.2) is 0 Å². The van der Waals surface area contributed by atoms with Gasteiger partial charge in [0.25, 0.3) is 0 Å². The highest BCUT2D eigenvalue weighted by Crippen LogP contribution is 2.91. The number of carbonyl (C=O) groups is 1. The van der Waals surface area contributed by atoms with Gasteiger partial charge in [0, 0.05) is 18.8 Å². The maximum absolute atomic E-state index is 11.5. The van der Waals surface area contributed by atoms with E-state index in [4.69, 9.17) is 74.3 Å². The van der Waals surface area contributed by atoms with Crippen LogP contribution in [0.3, 0.4) is 0 Å². The zero-order valence-electron chi connectivity index (χ0n) is 11.3. The van der Waals surface area contributed by atoms with Crippen molar-refractivity contribution in [3.05, 3.63) is 0 Å². The van der Waals surface area contributed by atoms with Crippen LogP contribution in [0, 0.1) is 29.6 Å². The van der Waals surface area contributed by atoms with Crippen LogP contribution in [0.15, 0.2) is 0 Å². The molecule has 5 aliphatic rings. The molecule has 5 rings (SSSR count). The van der Waals surface area contributed by atoms with Gasteiger partial charge in [-0.2, -0.15) is 0 Å². The van der Waals surface area contributed by atoms with E-state index in [1.807, 2.05) is 0 Å². The van der Waals surface area contributed by atoms with Crippen LogP contribution < -0.4 is 0 Å². The predicted octanol–water partition coefficient (Wildman–Crippen LogP) is 4.17. The minimum atomic E-state index is -1.40. The third-order valence-corrected chi connectivity index (χ3v) is 12.0. The molecule has 8 unspecified atom stereocenters. The van der Waals surface area contributed by atoms with Crippen molar-refractivity contribution in [2.75, 3.05) is 0 Å². The lowest BCUT2D eigenvalue weighted by molar-refractivity contribution is -0.152. The minimum absolute atomic E-state index is 0.0241. The van der Waals surface area contributed by atoms with Crippen molar-refractivity contribution in [3.8, 4) is 0 Å². The summed E-state index contributed by atoms with van der Waals surface area (Å²) >= 11 is 41.1. The number of hydrogen-bond donors (Lipinski definition) is 0. The molecule has 0 saturated heterocycles. The monoisotopic (exact) mass is 422 g/mol.